The van der Waals surface area contributed by atoms with Gasteiger partial charge in [-0.15, -0.1) is 0 Å². The van der Waals surface area contributed by atoms with E-state index in [1.165, 1.54) is 5.56 Å². The summed E-state index contributed by atoms with van der Waals surface area (Å²) in [5, 5.41) is 13.3. The number of carbonyl (C=O) groups is 2. The van der Waals surface area contributed by atoms with Crippen molar-refractivity contribution in [3.05, 3.63) is 59.7 Å². The van der Waals surface area contributed by atoms with E-state index in [-0.39, 0.29) is 11.8 Å². The number of amides is 2. The maximum Gasteiger partial charge on any atom is 0.251 e. The summed E-state index contributed by atoms with van der Waals surface area (Å²) < 4.78 is 0. The quantitative estimate of drug-likeness (QED) is 0.662. The van der Waals surface area contributed by atoms with Crippen LogP contribution in [0, 0.1) is 0 Å². The van der Waals surface area contributed by atoms with Crippen molar-refractivity contribution in [2.45, 2.75) is 13.0 Å². The first-order chi connectivity index (χ1) is 14.2. The Balaban J connectivity index is 1.19. The first-order valence-corrected chi connectivity index (χ1v) is 9.82. The van der Waals surface area contributed by atoms with E-state index in [9.17, 15) is 9.59 Å². The van der Waals surface area contributed by atoms with Crippen LogP contribution < -0.4 is 5.32 Å². The number of aromatic nitrogens is 3. The van der Waals surface area contributed by atoms with Gasteiger partial charge in [-0.05, 0) is 23.8 Å². The van der Waals surface area contributed by atoms with Gasteiger partial charge in [-0.25, -0.2) is 0 Å². The van der Waals surface area contributed by atoms with Gasteiger partial charge in [0.05, 0.1) is 0 Å². The molecule has 0 aliphatic carbocycles. The maximum absolute atomic E-state index is 12.5. The molecule has 8 heteroatoms. The van der Waals surface area contributed by atoms with Crippen LogP contribution in [0.4, 0.5) is 0 Å². The Morgan fingerprint density at radius 3 is 2.52 bits per heavy atom. The average molecular weight is 392 g/mol. The number of benzene rings is 2. The number of nitrogens with zero attached hydrogens (tertiary/aromatic N) is 4. The normalized spacial score (nSPS) is 14.8. The molecule has 2 amide bonds. The molecule has 1 aliphatic rings. The Morgan fingerprint density at radius 2 is 1.72 bits per heavy atom. The summed E-state index contributed by atoms with van der Waals surface area (Å²) in [5.41, 5.74) is 3.15. The third-order valence-electron chi connectivity index (χ3n) is 5.18. The minimum Gasteiger partial charge on any atom is -0.352 e. The maximum atomic E-state index is 12.5. The Morgan fingerprint density at radius 1 is 0.966 bits per heavy atom. The van der Waals surface area contributed by atoms with Gasteiger partial charge in [0, 0.05) is 51.3 Å². The number of hydrogen-bond acceptors (Lipinski definition) is 5. The van der Waals surface area contributed by atoms with Crippen molar-refractivity contribution in [1.82, 2.24) is 30.5 Å². The van der Waals surface area contributed by atoms with Crippen LogP contribution in [0.25, 0.3) is 11.0 Å². The van der Waals surface area contributed by atoms with Crippen LogP contribution >= 0.6 is 0 Å². The lowest BCUT2D eigenvalue weighted by Gasteiger charge is -2.34. The lowest BCUT2D eigenvalue weighted by atomic mass is 10.2. The summed E-state index contributed by atoms with van der Waals surface area (Å²) in [4.78, 5) is 29.0. The zero-order chi connectivity index (χ0) is 20.1. The van der Waals surface area contributed by atoms with E-state index in [4.69, 9.17) is 0 Å². The molecule has 1 aromatic heterocycles. The highest BCUT2D eigenvalue weighted by molar-refractivity contribution is 5.97. The lowest BCUT2D eigenvalue weighted by molar-refractivity contribution is -0.132. The van der Waals surface area contributed by atoms with E-state index in [1.807, 2.05) is 23.1 Å². The molecule has 2 aromatic carbocycles. The number of rotatable bonds is 6. The molecule has 1 aliphatic heterocycles. The van der Waals surface area contributed by atoms with Gasteiger partial charge < -0.3 is 10.2 Å². The molecule has 0 bridgehead atoms. The number of hydrogen-bond donors (Lipinski definition) is 2. The highest BCUT2D eigenvalue weighted by atomic mass is 16.2. The molecule has 0 radical (unpaired) electrons. The van der Waals surface area contributed by atoms with Crippen molar-refractivity contribution >= 4 is 22.8 Å². The van der Waals surface area contributed by atoms with E-state index in [0.29, 0.717) is 29.6 Å². The fraction of sp³-hybridized carbons (Fsp3) is 0.333. The van der Waals surface area contributed by atoms with E-state index in [0.717, 1.165) is 32.7 Å². The van der Waals surface area contributed by atoms with E-state index >= 15 is 0 Å². The van der Waals surface area contributed by atoms with Crippen molar-refractivity contribution in [2.24, 2.45) is 0 Å². The van der Waals surface area contributed by atoms with Gasteiger partial charge in [-0.1, -0.05) is 30.3 Å². The summed E-state index contributed by atoms with van der Waals surface area (Å²) in [7, 11) is 0. The minimum atomic E-state index is -0.213. The van der Waals surface area contributed by atoms with E-state index in [1.54, 1.807) is 18.2 Å². The molecule has 29 heavy (non-hydrogen) atoms. The van der Waals surface area contributed by atoms with Gasteiger partial charge >= 0.3 is 0 Å². The minimum absolute atomic E-state index is 0.0802. The number of aromatic amines is 1. The average Bonchev–Trinajstić information content (AvgIpc) is 3.23. The van der Waals surface area contributed by atoms with Gasteiger partial charge in [0.15, 0.2) is 0 Å². The smallest absolute Gasteiger partial charge is 0.251 e. The van der Waals surface area contributed by atoms with Crippen LogP contribution in [0.3, 0.4) is 0 Å². The number of H-pyrrole nitrogens is 1. The Hall–Kier alpha value is -3.26. The predicted octanol–water partition coefficient (Wildman–Crippen LogP) is 1.42. The summed E-state index contributed by atoms with van der Waals surface area (Å²) >= 11 is 0. The first kappa shape index (κ1) is 19.1. The number of piperazine rings is 1. The Labute approximate surface area is 168 Å². The fourth-order valence-corrected chi connectivity index (χ4v) is 3.52. The Bertz CT molecular complexity index is 979. The van der Waals surface area contributed by atoms with Crippen LogP contribution in [0.1, 0.15) is 22.3 Å². The molecule has 0 saturated carbocycles. The summed E-state index contributed by atoms with van der Waals surface area (Å²) in [6.45, 7) is 4.41. The molecular weight excluding hydrogens is 368 g/mol. The van der Waals surface area contributed by atoms with E-state index in [2.05, 4.69) is 37.8 Å². The SMILES string of the molecule is O=C(NCCC(=O)N1CCN(Cc2ccccc2)CC1)c1ccc2n[nH]nc2c1. The summed E-state index contributed by atoms with van der Waals surface area (Å²) in [5.74, 6) is -0.132. The second kappa shape index (κ2) is 8.83. The third-order valence-corrected chi connectivity index (χ3v) is 5.18. The monoisotopic (exact) mass is 392 g/mol. The molecule has 3 aromatic rings. The van der Waals surface area contributed by atoms with Crippen molar-refractivity contribution < 1.29 is 9.59 Å². The highest BCUT2D eigenvalue weighted by Gasteiger charge is 2.21. The van der Waals surface area contributed by atoms with Gasteiger partial charge in [-0.3, -0.25) is 14.5 Å². The molecule has 0 spiro atoms. The zero-order valence-corrected chi connectivity index (χ0v) is 16.2. The molecular formula is C21H24N6O2. The second-order valence-electron chi connectivity index (χ2n) is 7.18. The van der Waals surface area contributed by atoms with Crippen LogP contribution in [0.15, 0.2) is 48.5 Å². The number of nitrogens with one attached hydrogen (secondary N) is 2. The lowest BCUT2D eigenvalue weighted by Crippen LogP contribution is -2.48. The largest absolute Gasteiger partial charge is 0.352 e. The van der Waals surface area contributed by atoms with Gasteiger partial charge in [0.1, 0.15) is 11.0 Å². The topological polar surface area (TPSA) is 94.2 Å². The van der Waals surface area contributed by atoms with Crippen molar-refractivity contribution in [3.8, 4) is 0 Å². The fourth-order valence-electron chi connectivity index (χ4n) is 3.52. The molecule has 8 nitrogen and oxygen atoms in total. The van der Waals surface area contributed by atoms with Gasteiger partial charge in [-0.2, -0.15) is 15.4 Å². The van der Waals surface area contributed by atoms with Crippen LogP contribution in [-0.4, -0.2) is 69.7 Å². The zero-order valence-electron chi connectivity index (χ0n) is 16.2. The van der Waals surface area contributed by atoms with Crippen molar-refractivity contribution in [3.63, 3.8) is 0 Å². The Kier molecular flexibility index (Phi) is 5.81. The van der Waals surface area contributed by atoms with Crippen molar-refractivity contribution in [1.29, 1.82) is 0 Å². The van der Waals surface area contributed by atoms with Crippen LogP contribution in [0.2, 0.25) is 0 Å². The van der Waals surface area contributed by atoms with Crippen LogP contribution in [-0.2, 0) is 11.3 Å². The molecule has 2 heterocycles. The number of carbonyl (C=O) groups excluding carboxylic acids is 2. The highest BCUT2D eigenvalue weighted by Crippen LogP contribution is 2.11. The summed E-state index contributed by atoms with van der Waals surface area (Å²) in [6, 6.07) is 15.5. The molecule has 1 fully saturated rings. The second-order valence-corrected chi connectivity index (χ2v) is 7.18. The molecule has 150 valence electrons. The van der Waals surface area contributed by atoms with Gasteiger partial charge in [0.25, 0.3) is 5.91 Å². The molecule has 4 rings (SSSR count). The molecule has 1 saturated heterocycles. The van der Waals surface area contributed by atoms with Crippen molar-refractivity contribution in [2.75, 3.05) is 32.7 Å². The third kappa shape index (κ3) is 4.78. The predicted molar refractivity (Wildman–Crippen MR) is 109 cm³/mol. The van der Waals surface area contributed by atoms with Crippen LogP contribution in [0.5, 0.6) is 0 Å². The van der Waals surface area contributed by atoms with E-state index < -0.39 is 0 Å². The first-order valence-electron chi connectivity index (χ1n) is 9.82. The molecule has 0 atom stereocenters. The van der Waals surface area contributed by atoms with Gasteiger partial charge in [0.2, 0.25) is 5.91 Å². The number of fused-ring (bicyclic) bond motifs is 1. The standard InChI is InChI=1S/C21H24N6O2/c28-20(27-12-10-26(11-13-27)15-16-4-2-1-3-5-16)8-9-22-21(29)17-6-7-18-19(14-17)24-25-23-18/h1-7,14H,8-13,15H2,(H,22,29)(H,23,24,25). The molecule has 0 unspecified atom stereocenters. The molecule has 2 N–H and O–H groups in total. The summed E-state index contributed by atoms with van der Waals surface area (Å²) in [6.07, 6.45) is 0.302.